The van der Waals surface area contributed by atoms with Gasteiger partial charge in [0, 0.05) is 6.54 Å². The number of nitrogens with zero attached hydrogens (tertiary/aromatic N) is 1. The van der Waals surface area contributed by atoms with Crippen LogP contribution in [0.3, 0.4) is 0 Å². The first-order valence-electron chi connectivity index (χ1n) is 8.18. The normalized spacial score (nSPS) is 54.0. The zero-order valence-electron chi connectivity index (χ0n) is 13.3. The summed E-state index contributed by atoms with van der Waals surface area (Å²) in [6.45, 7) is -0.987. The highest BCUT2D eigenvalue weighted by atomic mass is 16.7. The van der Waals surface area contributed by atoms with E-state index in [1.54, 1.807) is 0 Å². The standard InChI is InChI=1S/C14H25NO10/c16-2-4-8(18)11(21)7-9(19)5(1-15(4)7)24-14-13(23)12(22)10(20)6(3-17)25-14/h4-14,16-23H,1-3H2/t4-,5+,6?,7-,8-,9-,10+,11-,12+,13?,14-/m1/s1. The number of rotatable bonds is 4. The predicted octanol–water partition coefficient (Wildman–Crippen LogP) is -5.69. The molecule has 11 heteroatoms. The van der Waals surface area contributed by atoms with Crippen LogP contribution in [0.25, 0.3) is 0 Å². The largest absolute Gasteiger partial charge is 0.395 e. The fourth-order valence-electron chi connectivity index (χ4n) is 3.92. The molecule has 3 rings (SSSR count). The van der Waals surface area contributed by atoms with Crippen LogP contribution in [0, 0.1) is 0 Å². The Hall–Kier alpha value is -0.440. The molecule has 0 aromatic carbocycles. The van der Waals surface area contributed by atoms with Gasteiger partial charge in [0.15, 0.2) is 6.29 Å². The van der Waals surface area contributed by atoms with Crippen LogP contribution in [-0.4, -0.2) is 133 Å². The number of aliphatic hydroxyl groups excluding tert-OH is 8. The molecule has 0 radical (unpaired) electrons. The number of aliphatic hydroxyl groups is 8. The Morgan fingerprint density at radius 2 is 1.48 bits per heavy atom. The second kappa shape index (κ2) is 7.29. The number of hydrogen-bond acceptors (Lipinski definition) is 11. The monoisotopic (exact) mass is 367 g/mol. The lowest BCUT2D eigenvalue weighted by molar-refractivity contribution is -0.314. The molecule has 146 valence electrons. The number of fused-ring (bicyclic) bond motifs is 1. The quantitative estimate of drug-likeness (QED) is 0.237. The van der Waals surface area contributed by atoms with Gasteiger partial charge in [-0.25, -0.2) is 0 Å². The molecule has 11 atom stereocenters. The van der Waals surface area contributed by atoms with Crippen molar-refractivity contribution in [2.24, 2.45) is 0 Å². The van der Waals surface area contributed by atoms with Crippen molar-refractivity contribution in [2.45, 2.75) is 67.2 Å². The third-order valence-electron chi connectivity index (χ3n) is 5.37. The van der Waals surface area contributed by atoms with E-state index in [9.17, 15) is 40.9 Å². The lowest BCUT2D eigenvalue weighted by Crippen LogP contribution is -2.60. The molecule has 0 amide bonds. The van der Waals surface area contributed by atoms with Gasteiger partial charge < -0.3 is 50.3 Å². The van der Waals surface area contributed by atoms with Crippen LogP contribution in [0.1, 0.15) is 0 Å². The van der Waals surface area contributed by atoms with E-state index in [0.29, 0.717) is 0 Å². The molecular weight excluding hydrogens is 342 g/mol. The molecule has 0 aliphatic carbocycles. The van der Waals surface area contributed by atoms with Crippen molar-refractivity contribution >= 4 is 0 Å². The Morgan fingerprint density at radius 1 is 0.800 bits per heavy atom. The molecular formula is C14H25NO10. The Balaban J connectivity index is 1.70. The second-order valence-electron chi connectivity index (χ2n) is 6.78. The van der Waals surface area contributed by atoms with Gasteiger partial charge in [0.25, 0.3) is 0 Å². The molecule has 0 aromatic heterocycles. The summed E-state index contributed by atoms with van der Waals surface area (Å²) in [7, 11) is 0. The molecule has 2 unspecified atom stereocenters. The molecule has 3 aliphatic heterocycles. The van der Waals surface area contributed by atoms with Gasteiger partial charge >= 0.3 is 0 Å². The molecule has 3 aliphatic rings. The number of hydrogen-bond donors (Lipinski definition) is 8. The van der Waals surface area contributed by atoms with Crippen molar-refractivity contribution in [1.29, 1.82) is 0 Å². The molecule has 3 saturated heterocycles. The van der Waals surface area contributed by atoms with Crippen molar-refractivity contribution in [3.8, 4) is 0 Å². The van der Waals surface area contributed by atoms with E-state index in [-0.39, 0.29) is 6.54 Å². The van der Waals surface area contributed by atoms with E-state index in [2.05, 4.69) is 0 Å². The Bertz CT molecular complexity index is 467. The van der Waals surface area contributed by atoms with Gasteiger partial charge in [-0.1, -0.05) is 0 Å². The SMILES string of the molecule is OCC1O[C@@H](O[C@H]2CN3[C@@H]([C@@H](O)[C@H](O)[C@H]3CO)[C@@H]2O)C(O)[C@@H](O)[C@H]1O. The Kier molecular flexibility index (Phi) is 5.63. The third-order valence-corrected chi connectivity index (χ3v) is 5.37. The summed E-state index contributed by atoms with van der Waals surface area (Å²) < 4.78 is 10.8. The minimum Gasteiger partial charge on any atom is -0.395 e. The summed E-state index contributed by atoms with van der Waals surface area (Å²) in [4.78, 5) is 1.52. The minimum atomic E-state index is -1.61. The highest BCUT2D eigenvalue weighted by Gasteiger charge is 2.58. The highest BCUT2D eigenvalue weighted by Crippen LogP contribution is 2.36. The maximum absolute atomic E-state index is 10.4. The summed E-state index contributed by atoms with van der Waals surface area (Å²) in [5, 5.41) is 78.5. The summed E-state index contributed by atoms with van der Waals surface area (Å²) >= 11 is 0. The van der Waals surface area contributed by atoms with Gasteiger partial charge in [-0.2, -0.15) is 0 Å². The van der Waals surface area contributed by atoms with E-state index in [4.69, 9.17) is 9.47 Å². The van der Waals surface area contributed by atoms with Gasteiger partial charge in [0.2, 0.25) is 0 Å². The molecule has 0 spiro atoms. The highest BCUT2D eigenvalue weighted by molar-refractivity contribution is 5.10. The van der Waals surface area contributed by atoms with Gasteiger partial charge in [-0.05, 0) is 0 Å². The molecule has 0 bridgehead atoms. The molecule has 25 heavy (non-hydrogen) atoms. The van der Waals surface area contributed by atoms with Crippen LogP contribution >= 0.6 is 0 Å². The van der Waals surface area contributed by atoms with Crippen molar-refractivity contribution in [1.82, 2.24) is 4.90 Å². The van der Waals surface area contributed by atoms with E-state index in [1.165, 1.54) is 4.90 Å². The van der Waals surface area contributed by atoms with Crippen molar-refractivity contribution in [2.75, 3.05) is 19.8 Å². The minimum absolute atomic E-state index is 0.0419. The van der Waals surface area contributed by atoms with Crippen molar-refractivity contribution < 1.29 is 50.3 Å². The topological polar surface area (TPSA) is 184 Å². The fourth-order valence-corrected chi connectivity index (χ4v) is 3.92. The van der Waals surface area contributed by atoms with Crippen LogP contribution in [0.4, 0.5) is 0 Å². The van der Waals surface area contributed by atoms with E-state index in [1.807, 2.05) is 0 Å². The maximum atomic E-state index is 10.4. The molecule has 0 aromatic rings. The second-order valence-corrected chi connectivity index (χ2v) is 6.78. The average Bonchev–Trinajstić information content (AvgIpc) is 3.03. The predicted molar refractivity (Wildman–Crippen MR) is 78.0 cm³/mol. The average molecular weight is 367 g/mol. The van der Waals surface area contributed by atoms with Crippen LogP contribution in [0.5, 0.6) is 0 Å². The van der Waals surface area contributed by atoms with Crippen LogP contribution in [0.2, 0.25) is 0 Å². The van der Waals surface area contributed by atoms with Gasteiger partial charge in [0.05, 0.1) is 43.6 Å². The van der Waals surface area contributed by atoms with Crippen molar-refractivity contribution in [3.05, 3.63) is 0 Å². The summed E-state index contributed by atoms with van der Waals surface area (Å²) in [6.07, 6.45) is -12.0. The molecule has 3 heterocycles. The summed E-state index contributed by atoms with van der Waals surface area (Å²) in [5.74, 6) is 0. The first kappa shape index (κ1) is 19.3. The first-order chi connectivity index (χ1) is 11.8. The van der Waals surface area contributed by atoms with E-state index < -0.39 is 80.4 Å². The Morgan fingerprint density at radius 3 is 2.08 bits per heavy atom. The van der Waals surface area contributed by atoms with E-state index in [0.717, 1.165) is 0 Å². The zero-order chi connectivity index (χ0) is 18.5. The Labute approximate surface area is 143 Å². The molecule has 11 nitrogen and oxygen atoms in total. The lowest BCUT2D eigenvalue weighted by Gasteiger charge is -2.40. The van der Waals surface area contributed by atoms with Crippen molar-refractivity contribution in [3.63, 3.8) is 0 Å². The van der Waals surface area contributed by atoms with Crippen LogP contribution in [-0.2, 0) is 9.47 Å². The summed E-state index contributed by atoms with van der Waals surface area (Å²) in [5.41, 5.74) is 0. The van der Waals surface area contributed by atoms with Gasteiger partial charge in [0.1, 0.15) is 30.5 Å². The molecule has 0 saturated carbocycles. The van der Waals surface area contributed by atoms with Gasteiger partial charge in [-0.3, -0.25) is 4.90 Å². The van der Waals surface area contributed by atoms with Crippen LogP contribution in [0.15, 0.2) is 0 Å². The lowest BCUT2D eigenvalue weighted by atomic mass is 9.99. The van der Waals surface area contributed by atoms with E-state index >= 15 is 0 Å². The maximum Gasteiger partial charge on any atom is 0.187 e. The van der Waals surface area contributed by atoms with Gasteiger partial charge in [-0.15, -0.1) is 0 Å². The molecule has 8 N–H and O–H groups in total. The zero-order valence-corrected chi connectivity index (χ0v) is 13.3. The third kappa shape index (κ3) is 3.09. The molecule has 3 fully saturated rings. The first-order valence-corrected chi connectivity index (χ1v) is 8.18. The fraction of sp³-hybridized carbons (Fsp3) is 1.00. The van der Waals surface area contributed by atoms with Crippen LogP contribution < -0.4 is 0 Å². The summed E-state index contributed by atoms with van der Waals surface area (Å²) in [6, 6.07) is -1.62. The smallest absolute Gasteiger partial charge is 0.187 e. The number of ether oxygens (including phenoxy) is 2.